The van der Waals surface area contributed by atoms with Crippen molar-refractivity contribution >= 4 is 15.9 Å². The molecule has 1 aliphatic carbocycles. The minimum Gasteiger partial charge on any atom is -0.372 e. The van der Waals surface area contributed by atoms with Gasteiger partial charge in [0.15, 0.2) is 0 Å². The van der Waals surface area contributed by atoms with Crippen LogP contribution in [0.4, 0.5) is 0 Å². The van der Waals surface area contributed by atoms with Gasteiger partial charge in [0.1, 0.15) is 0 Å². The Morgan fingerprint density at radius 3 is 2.31 bits per heavy atom. The third-order valence-corrected chi connectivity index (χ3v) is 4.55. The molecule has 0 amide bonds. The highest BCUT2D eigenvalue weighted by atomic mass is 79.9. The minimum atomic E-state index is -0.00572. The van der Waals surface area contributed by atoms with E-state index in [1.807, 2.05) is 0 Å². The van der Waals surface area contributed by atoms with Gasteiger partial charge in [-0.25, -0.2) is 0 Å². The molecule has 0 radical (unpaired) electrons. The van der Waals surface area contributed by atoms with Crippen LogP contribution < -0.4 is 0 Å². The van der Waals surface area contributed by atoms with Crippen LogP contribution >= 0.6 is 15.9 Å². The molecule has 0 aliphatic heterocycles. The smallest absolute Gasteiger partial charge is 0.0657 e. The molecule has 3 unspecified atom stereocenters. The zero-order valence-corrected chi connectivity index (χ0v) is 10.9. The summed E-state index contributed by atoms with van der Waals surface area (Å²) in [5, 5.41) is 0. The van der Waals surface area contributed by atoms with E-state index in [2.05, 4.69) is 50.5 Å². The molecular weight excluding hydrogens is 228 g/mol. The van der Waals surface area contributed by atoms with Gasteiger partial charge in [-0.1, -0.05) is 29.8 Å². The lowest BCUT2D eigenvalue weighted by Gasteiger charge is -2.53. The molecule has 78 valence electrons. The minimum absolute atomic E-state index is 0.00572. The summed E-state index contributed by atoms with van der Waals surface area (Å²) < 4.78 is 6.02. The second-order valence-corrected chi connectivity index (χ2v) is 6.39. The van der Waals surface area contributed by atoms with Crippen molar-refractivity contribution in [3.05, 3.63) is 0 Å². The molecule has 1 fully saturated rings. The van der Waals surface area contributed by atoms with E-state index in [0.717, 1.165) is 6.42 Å². The molecular formula is C11H21BrO. The molecule has 0 aromatic carbocycles. The Hall–Kier alpha value is 0.440. The SMILES string of the molecule is CCC1(C)C(Br)CC1OC(C)(C)C. The van der Waals surface area contributed by atoms with Crippen LogP contribution in [0, 0.1) is 5.41 Å². The molecule has 0 heterocycles. The maximum absolute atomic E-state index is 6.02. The van der Waals surface area contributed by atoms with Gasteiger partial charge in [0.25, 0.3) is 0 Å². The van der Waals surface area contributed by atoms with Crippen LogP contribution in [0.25, 0.3) is 0 Å². The molecule has 0 aromatic rings. The van der Waals surface area contributed by atoms with E-state index in [-0.39, 0.29) is 5.60 Å². The van der Waals surface area contributed by atoms with E-state index in [1.54, 1.807) is 0 Å². The lowest BCUT2D eigenvalue weighted by molar-refractivity contribution is -0.158. The number of halogens is 1. The third kappa shape index (κ3) is 2.27. The third-order valence-electron chi connectivity index (χ3n) is 3.13. The maximum Gasteiger partial charge on any atom is 0.0657 e. The number of hydrogen-bond acceptors (Lipinski definition) is 1. The number of rotatable bonds is 2. The van der Waals surface area contributed by atoms with Gasteiger partial charge in [-0.2, -0.15) is 0 Å². The van der Waals surface area contributed by atoms with Crippen molar-refractivity contribution in [3.8, 4) is 0 Å². The van der Waals surface area contributed by atoms with Crippen molar-refractivity contribution in [1.82, 2.24) is 0 Å². The second kappa shape index (κ2) is 3.54. The molecule has 1 rings (SSSR count). The fourth-order valence-corrected chi connectivity index (χ4v) is 2.78. The summed E-state index contributed by atoms with van der Waals surface area (Å²) in [7, 11) is 0. The predicted octanol–water partition coefficient (Wildman–Crippen LogP) is 3.75. The van der Waals surface area contributed by atoms with Crippen LogP contribution in [-0.4, -0.2) is 16.5 Å². The fourth-order valence-electron chi connectivity index (χ4n) is 1.83. The topological polar surface area (TPSA) is 9.23 Å². The second-order valence-electron chi connectivity index (χ2n) is 5.28. The number of hydrogen-bond donors (Lipinski definition) is 0. The first-order valence-electron chi connectivity index (χ1n) is 5.11. The van der Waals surface area contributed by atoms with Crippen LogP contribution in [0.15, 0.2) is 0 Å². The molecule has 0 aromatic heterocycles. The van der Waals surface area contributed by atoms with Gasteiger partial charge in [-0.05, 0) is 33.6 Å². The molecule has 0 saturated heterocycles. The molecule has 2 heteroatoms. The highest BCUT2D eigenvalue weighted by molar-refractivity contribution is 9.09. The molecule has 1 saturated carbocycles. The van der Waals surface area contributed by atoms with Gasteiger partial charge >= 0.3 is 0 Å². The van der Waals surface area contributed by atoms with Gasteiger partial charge < -0.3 is 4.74 Å². The van der Waals surface area contributed by atoms with Crippen LogP contribution in [-0.2, 0) is 4.74 Å². The van der Waals surface area contributed by atoms with Crippen molar-refractivity contribution in [1.29, 1.82) is 0 Å². The molecule has 0 N–H and O–H groups in total. The standard InChI is InChI=1S/C11H21BrO/c1-6-11(5)8(12)7-9(11)13-10(2,3)4/h8-9H,6-7H2,1-5H3. The van der Waals surface area contributed by atoms with Crippen molar-refractivity contribution in [2.45, 2.75) is 64.0 Å². The van der Waals surface area contributed by atoms with E-state index in [4.69, 9.17) is 4.74 Å². The van der Waals surface area contributed by atoms with Gasteiger partial charge in [0.2, 0.25) is 0 Å². The monoisotopic (exact) mass is 248 g/mol. The largest absolute Gasteiger partial charge is 0.372 e. The normalized spacial score (nSPS) is 40.2. The van der Waals surface area contributed by atoms with E-state index in [0.29, 0.717) is 16.3 Å². The summed E-state index contributed by atoms with van der Waals surface area (Å²) in [4.78, 5) is 0.636. The Kier molecular flexibility index (Phi) is 3.14. The summed E-state index contributed by atoms with van der Waals surface area (Å²) in [6.45, 7) is 10.9. The van der Waals surface area contributed by atoms with Crippen LogP contribution in [0.5, 0.6) is 0 Å². The van der Waals surface area contributed by atoms with E-state index < -0.39 is 0 Å². The Bertz CT molecular complexity index is 185. The van der Waals surface area contributed by atoms with Crippen molar-refractivity contribution in [2.24, 2.45) is 5.41 Å². The summed E-state index contributed by atoms with van der Waals surface area (Å²) >= 11 is 3.71. The quantitative estimate of drug-likeness (QED) is 0.677. The zero-order valence-electron chi connectivity index (χ0n) is 9.36. The summed E-state index contributed by atoms with van der Waals surface area (Å²) in [6.07, 6.45) is 2.77. The Labute approximate surface area is 90.4 Å². The first-order valence-corrected chi connectivity index (χ1v) is 6.03. The first-order chi connectivity index (χ1) is 5.79. The summed E-state index contributed by atoms with van der Waals surface area (Å²) in [6, 6.07) is 0. The Morgan fingerprint density at radius 2 is 2.00 bits per heavy atom. The lowest BCUT2D eigenvalue weighted by atomic mass is 9.65. The maximum atomic E-state index is 6.02. The van der Waals surface area contributed by atoms with Crippen LogP contribution in [0.3, 0.4) is 0 Å². The Balaban J connectivity index is 2.55. The molecule has 0 spiro atoms. The number of ether oxygens (including phenoxy) is 1. The predicted molar refractivity (Wildman–Crippen MR) is 60.4 cm³/mol. The van der Waals surface area contributed by atoms with Gasteiger partial charge in [-0.3, -0.25) is 0 Å². The fraction of sp³-hybridized carbons (Fsp3) is 1.00. The summed E-state index contributed by atoms with van der Waals surface area (Å²) in [5.41, 5.74) is 0.335. The highest BCUT2D eigenvalue weighted by Gasteiger charge is 2.50. The molecule has 1 nitrogen and oxygen atoms in total. The molecule has 13 heavy (non-hydrogen) atoms. The zero-order chi connectivity index (χ0) is 10.3. The van der Waals surface area contributed by atoms with E-state index >= 15 is 0 Å². The molecule has 1 aliphatic rings. The van der Waals surface area contributed by atoms with Gasteiger partial charge in [-0.15, -0.1) is 0 Å². The average molecular weight is 249 g/mol. The first kappa shape index (κ1) is 11.5. The molecule has 0 bridgehead atoms. The Morgan fingerprint density at radius 1 is 1.46 bits per heavy atom. The average Bonchev–Trinajstić information content (AvgIpc) is 2.00. The highest BCUT2D eigenvalue weighted by Crippen LogP contribution is 2.51. The van der Waals surface area contributed by atoms with Crippen LogP contribution in [0.1, 0.15) is 47.5 Å². The van der Waals surface area contributed by atoms with Crippen molar-refractivity contribution < 1.29 is 4.74 Å². The van der Waals surface area contributed by atoms with E-state index in [9.17, 15) is 0 Å². The van der Waals surface area contributed by atoms with E-state index in [1.165, 1.54) is 6.42 Å². The molecule has 3 atom stereocenters. The lowest BCUT2D eigenvalue weighted by Crippen LogP contribution is -2.55. The van der Waals surface area contributed by atoms with Crippen molar-refractivity contribution in [3.63, 3.8) is 0 Å². The van der Waals surface area contributed by atoms with Crippen molar-refractivity contribution in [2.75, 3.05) is 0 Å². The summed E-state index contributed by atoms with van der Waals surface area (Å²) in [5.74, 6) is 0. The number of alkyl halides is 1. The van der Waals surface area contributed by atoms with Crippen LogP contribution in [0.2, 0.25) is 0 Å². The van der Waals surface area contributed by atoms with Gasteiger partial charge in [0, 0.05) is 10.2 Å². The van der Waals surface area contributed by atoms with Gasteiger partial charge in [0.05, 0.1) is 11.7 Å².